The molecule has 0 atom stereocenters. The molecule has 2 N–H and O–H groups in total. The zero-order valence-corrected chi connectivity index (χ0v) is 8.46. The van der Waals surface area contributed by atoms with Gasteiger partial charge in [0.15, 0.2) is 0 Å². The van der Waals surface area contributed by atoms with Crippen molar-refractivity contribution in [1.29, 1.82) is 0 Å². The lowest BCUT2D eigenvalue weighted by Crippen LogP contribution is -2.24. The minimum Gasteiger partial charge on any atom is -0.320 e. The molecule has 0 aliphatic rings. The molecule has 0 spiro atoms. The van der Waals surface area contributed by atoms with Crippen LogP contribution >= 0.6 is 0 Å². The maximum Gasteiger partial charge on any atom is 0.246 e. The number of hydrogen-bond acceptors (Lipinski definition) is 3. The molecule has 1 aromatic carbocycles. The molecule has 4 heteroatoms. The zero-order chi connectivity index (χ0) is 10.7. The molecule has 2 aromatic rings. The van der Waals surface area contributed by atoms with Gasteiger partial charge in [0.1, 0.15) is 0 Å². The Balaban J connectivity index is 2.65. The van der Waals surface area contributed by atoms with Crippen molar-refractivity contribution < 1.29 is 0 Å². The molecule has 15 heavy (non-hydrogen) atoms. The molecule has 0 radical (unpaired) electrons. The van der Waals surface area contributed by atoms with Crippen molar-refractivity contribution in [1.82, 2.24) is 9.55 Å². The summed E-state index contributed by atoms with van der Waals surface area (Å²) in [5.74, 6) is 5.24. The van der Waals surface area contributed by atoms with Crippen LogP contribution in [-0.4, -0.2) is 9.55 Å². The molecule has 76 valence electrons. The SMILES string of the molecule is Cn1c(-c2ccccc2)ccnc1=NN. The summed E-state index contributed by atoms with van der Waals surface area (Å²) in [6.45, 7) is 0. The number of benzene rings is 1. The van der Waals surface area contributed by atoms with Gasteiger partial charge in [0.2, 0.25) is 5.62 Å². The number of aromatic nitrogens is 2. The van der Waals surface area contributed by atoms with Crippen molar-refractivity contribution in [2.75, 3.05) is 0 Å². The second-order valence-corrected chi connectivity index (χ2v) is 3.18. The van der Waals surface area contributed by atoms with E-state index in [1.54, 1.807) is 6.20 Å². The van der Waals surface area contributed by atoms with Crippen LogP contribution in [0.2, 0.25) is 0 Å². The third-order valence-electron chi connectivity index (χ3n) is 2.27. The standard InChI is InChI=1S/C11H12N4/c1-15-10(7-8-13-11(15)14-12)9-5-3-2-4-6-9/h2-8H,12H2,1H3. The Hall–Kier alpha value is -2.10. The van der Waals surface area contributed by atoms with Crippen LogP contribution in [0.1, 0.15) is 0 Å². The van der Waals surface area contributed by atoms with Gasteiger partial charge in [-0.2, -0.15) is 0 Å². The Kier molecular flexibility index (Phi) is 2.49. The highest BCUT2D eigenvalue weighted by atomic mass is 15.2. The van der Waals surface area contributed by atoms with Gasteiger partial charge < -0.3 is 10.4 Å². The lowest BCUT2D eigenvalue weighted by atomic mass is 10.1. The third-order valence-corrected chi connectivity index (χ3v) is 2.27. The van der Waals surface area contributed by atoms with Crippen LogP contribution < -0.4 is 11.5 Å². The zero-order valence-electron chi connectivity index (χ0n) is 8.46. The van der Waals surface area contributed by atoms with E-state index in [4.69, 9.17) is 5.84 Å². The quantitative estimate of drug-likeness (QED) is 0.548. The molecule has 0 saturated carbocycles. The predicted octanol–water partition coefficient (Wildman–Crippen LogP) is 0.861. The first kappa shape index (κ1) is 9.45. The van der Waals surface area contributed by atoms with E-state index in [9.17, 15) is 0 Å². The van der Waals surface area contributed by atoms with Gasteiger partial charge in [-0.25, -0.2) is 4.98 Å². The average molecular weight is 200 g/mol. The van der Waals surface area contributed by atoms with Crippen molar-refractivity contribution in [3.8, 4) is 11.3 Å². The summed E-state index contributed by atoms with van der Waals surface area (Å²) in [5.41, 5.74) is 2.67. The molecule has 1 aromatic heterocycles. The summed E-state index contributed by atoms with van der Waals surface area (Å²) in [7, 11) is 1.89. The van der Waals surface area contributed by atoms with Gasteiger partial charge in [-0.3, -0.25) is 0 Å². The second-order valence-electron chi connectivity index (χ2n) is 3.18. The predicted molar refractivity (Wildman–Crippen MR) is 58.4 cm³/mol. The van der Waals surface area contributed by atoms with E-state index in [0.717, 1.165) is 11.3 Å². The highest BCUT2D eigenvalue weighted by Crippen LogP contribution is 2.15. The molecule has 0 fully saturated rings. The molecule has 0 unspecified atom stereocenters. The smallest absolute Gasteiger partial charge is 0.246 e. The Morgan fingerprint density at radius 2 is 1.93 bits per heavy atom. The average Bonchev–Trinajstić information content (AvgIpc) is 2.30. The first-order chi connectivity index (χ1) is 7.33. The third kappa shape index (κ3) is 1.74. The summed E-state index contributed by atoms with van der Waals surface area (Å²) in [4.78, 5) is 4.05. The van der Waals surface area contributed by atoms with Gasteiger partial charge in [-0.15, -0.1) is 5.10 Å². The topological polar surface area (TPSA) is 56.2 Å². The van der Waals surface area contributed by atoms with Crippen molar-refractivity contribution in [2.24, 2.45) is 18.0 Å². The summed E-state index contributed by atoms with van der Waals surface area (Å²) in [6.07, 6.45) is 1.70. The fraction of sp³-hybridized carbons (Fsp3) is 0.0909. The van der Waals surface area contributed by atoms with Crippen molar-refractivity contribution in [2.45, 2.75) is 0 Å². The van der Waals surface area contributed by atoms with Crippen LogP contribution in [0.25, 0.3) is 11.3 Å². The minimum absolute atomic E-state index is 0.511. The molecule has 0 aliphatic heterocycles. The van der Waals surface area contributed by atoms with E-state index in [2.05, 4.69) is 10.1 Å². The van der Waals surface area contributed by atoms with Gasteiger partial charge in [0, 0.05) is 13.2 Å². The van der Waals surface area contributed by atoms with Crippen LogP contribution in [-0.2, 0) is 7.05 Å². The molecular formula is C11H12N4. The van der Waals surface area contributed by atoms with E-state index in [-0.39, 0.29) is 0 Å². The van der Waals surface area contributed by atoms with Crippen LogP contribution in [0.4, 0.5) is 0 Å². The summed E-state index contributed by atoms with van der Waals surface area (Å²) in [6, 6.07) is 12.0. The normalized spacial score (nSPS) is 11.7. The Morgan fingerprint density at radius 3 is 2.60 bits per heavy atom. The Morgan fingerprint density at radius 1 is 1.20 bits per heavy atom. The first-order valence-electron chi connectivity index (χ1n) is 4.64. The molecule has 0 bridgehead atoms. The largest absolute Gasteiger partial charge is 0.320 e. The van der Waals surface area contributed by atoms with Crippen LogP contribution in [0, 0.1) is 0 Å². The van der Waals surface area contributed by atoms with Gasteiger partial charge in [-0.05, 0) is 11.6 Å². The highest BCUT2D eigenvalue weighted by molar-refractivity contribution is 5.58. The molecule has 1 heterocycles. The van der Waals surface area contributed by atoms with Crippen molar-refractivity contribution in [3.63, 3.8) is 0 Å². The van der Waals surface area contributed by atoms with E-state index >= 15 is 0 Å². The van der Waals surface area contributed by atoms with Gasteiger partial charge >= 0.3 is 0 Å². The van der Waals surface area contributed by atoms with Crippen molar-refractivity contribution in [3.05, 3.63) is 48.2 Å². The Bertz CT molecular complexity index is 514. The maximum absolute atomic E-state index is 5.24. The Labute approximate surface area is 87.7 Å². The number of hydrogen-bond donors (Lipinski definition) is 1. The number of nitrogens with two attached hydrogens (primary N) is 1. The second kappa shape index (κ2) is 3.96. The van der Waals surface area contributed by atoms with Crippen LogP contribution in [0.5, 0.6) is 0 Å². The summed E-state index contributed by atoms with van der Waals surface area (Å²) >= 11 is 0. The molecule has 0 amide bonds. The van der Waals surface area contributed by atoms with E-state index < -0.39 is 0 Å². The summed E-state index contributed by atoms with van der Waals surface area (Å²) in [5, 5.41) is 3.61. The molecule has 2 rings (SSSR count). The summed E-state index contributed by atoms with van der Waals surface area (Å²) < 4.78 is 1.86. The number of rotatable bonds is 1. The lowest BCUT2D eigenvalue weighted by Gasteiger charge is -2.07. The van der Waals surface area contributed by atoms with Gasteiger partial charge in [-0.1, -0.05) is 30.3 Å². The van der Waals surface area contributed by atoms with Gasteiger partial charge in [0.25, 0.3) is 0 Å². The van der Waals surface area contributed by atoms with Crippen molar-refractivity contribution >= 4 is 0 Å². The van der Waals surface area contributed by atoms with E-state index in [1.807, 2.05) is 48.0 Å². The first-order valence-corrected chi connectivity index (χ1v) is 4.64. The van der Waals surface area contributed by atoms with Gasteiger partial charge in [0.05, 0.1) is 5.69 Å². The van der Waals surface area contributed by atoms with Crippen LogP contribution in [0.3, 0.4) is 0 Å². The lowest BCUT2D eigenvalue weighted by molar-refractivity contribution is 0.771. The van der Waals surface area contributed by atoms with E-state index in [1.165, 1.54) is 0 Å². The number of nitrogens with zero attached hydrogens (tertiary/aromatic N) is 3. The molecule has 4 nitrogen and oxygen atoms in total. The van der Waals surface area contributed by atoms with Crippen LogP contribution in [0.15, 0.2) is 47.7 Å². The highest BCUT2D eigenvalue weighted by Gasteiger charge is 2.00. The van der Waals surface area contributed by atoms with E-state index in [0.29, 0.717) is 5.62 Å². The monoisotopic (exact) mass is 200 g/mol. The molecule has 0 aliphatic carbocycles. The maximum atomic E-state index is 5.24. The molecular weight excluding hydrogens is 188 g/mol. The fourth-order valence-electron chi connectivity index (χ4n) is 1.50. The minimum atomic E-state index is 0.511. The molecule has 0 saturated heterocycles. The fourth-order valence-corrected chi connectivity index (χ4v) is 1.50.